The highest BCUT2D eigenvalue weighted by molar-refractivity contribution is 6.07. The highest BCUT2D eigenvalue weighted by atomic mass is 16.2. The summed E-state index contributed by atoms with van der Waals surface area (Å²) in [4.78, 5) is 36.6. The second kappa shape index (κ2) is 6.72. The first-order chi connectivity index (χ1) is 10.5. The quantitative estimate of drug-likeness (QED) is 0.798. The molecule has 1 heterocycles. The third-order valence-electron chi connectivity index (χ3n) is 3.28. The highest BCUT2D eigenvalue weighted by Gasteiger charge is 2.38. The van der Waals surface area contributed by atoms with E-state index in [0.717, 1.165) is 11.3 Å². The van der Waals surface area contributed by atoms with Gasteiger partial charge in [0.2, 0.25) is 5.91 Å². The second-order valence-corrected chi connectivity index (χ2v) is 4.95. The highest BCUT2D eigenvalue weighted by Crippen LogP contribution is 2.12. The van der Waals surface area contributed by atoms with Crippen LogP contribution in [0.25, 0.3) is 0 Å². The average molecular weight is 300 g/mol. The number of nitriles is 1. The Morgan fingerprint density at radius 1 is 1.36 bits per heavy atom. The molecule has 0 saturated carbocycles. The first-order valence-electron chi connectivity index (χ1n) is 6.97. The van der Waals surface area contributed by atoms with Gasteiger partial charge in [0.05, 0.1) is 11.6 Å². The smallest absolute Gasteiger partial charge is 0.325 e. The zero-order valence-electron chi connectivity index (χ0n) is 12.1. The average Bonchev–Trinajstić information content (AvgIpc) is 2.76. The summed E-state index contributed by atoms with van der Waals surface area (Å²) in [6.07, 6.45) is 1.32. The molecule has 2 rings (SSSR count). The number of hydrogen-bond donors (Lipinski definition) is 2. The minimum atomic E-state index is -0.543. The molecule has 1 aliphatic heterocycles. The second-order valence-electron chi connectivity index (χ2n) is 4.95. The molecule has 1 saturated heterocycles. The lowest BCUT2D eigenvalue weighted by atomic mass is 10.2. The molecule has 22 heavy (non-hydrogen) atoms. The van der Waals surface area contributed by atoms with Crippen LogP contribution in [0.5, 0.6) is 0 Å². The van der Waals surface area contributed by atoms with Crippen LogP contribution in [-0.2, 0) is 9.59 Å². The fraction of sp³-hybridized carbons (Fsp3) is 0.333. The van der Waals surface area contributed by atoms with E-state index in [-0.39, 0.29) is 12.5 Å². The molecule has 0 aromatic heterocycles. The molecule has 114 valence electrons. The van der Waals surface area contributed by atoms with Gasteiger partial charge in [-0.2, -0.15) is 5.26 Å². The third kappa shape index (κ3) is 3.41. The number of carbonyl (C=O) groups excluding carboxylic acids is 3. The van der Waals surface area contributed by atoms with Gasteiger partial charge in [0.1, 0.15) is 12.6 Å². The Balaban J connectivity index is 1.95. The van der Waals surface area contributed by atoms with E-state index in [1.165, 1.54) is 0 Å². The maximum atomic E-state index is 12.0. The molecular formula is C15H16N4O3. The zero-order chi connectivity index (χ0) is 16.1. The van der Waals surface area contributed by atoms with Gasteiger partial charge in [-0.1, -0.05) is 13.3 Å². The van der Waals surface area contributed by atoms with Crippen LogP contribution in [-0.4, -0.2) is 35.3 Å². The van der Waals surface area contributed by atoms with Gasteiger partial charge in [0.25, 0.3) is 5.91 Å². The van der Waals surface area contributed by atoms with Crippen LogP contribution in [0.1, 0.15) is 25.3 Å². The van der Waals surface area contributed by atoms with Crippen molar-refractivity contribution in [1.82, 2.24) is 10.2 Å². The molecule has 0 spiro atoms. The summed E-state index contributed by atoms with van der Waals surface area (Å²) in [6.45, 7) is 1.59. The fourth-order valence-corrected chi connectivity index (χ4v) is 2.18. The molecule has 4 amide bonds. The molecule has 7 nitrogen and oxygen atoms in total. The third-order valence-corrected chi connectivity index (χ3v) is 3.28. The van der Waals surface area contributed by atoms with Gasteiger partial charge in [-0.15, -0.1) is 0 Å². The van der Waals surface area contributed by atoms with Crippen molar-refractivity contribution >= 4 is 23.5 Å². The van der Waals surface area contributed by atoms with Crippen LogP contribution in [0.4, 0.5) is 10.5 Å². The molecule has 0 bridgehead atoms. The number of amides is 4. The summed E-state index contributed by atoms with van der Waals surface area (Å²) in [5.41, 5.74) is 0.982. The van der Waals surface area contributed by atoms with E-state index in [2.05, 4.69) is 10.6 Å². The number of urea groups is 1. The van der Waals surface area contributed by atoms with Crippen LogP contribution in [0.15, 0.2) is 24.3 Å². The molecule has 7 heteroatoms. The maximum Gasteiger partial charge on any atom is 0.325 e. The maximum absolute atomic E-state index is 12.0. The minimum Gasteiger partial charge on any atom is -0.326 e. The number of benzene rings is 1. The Morgan fingerprint density at radius 2 is 2.05 bits per heavy atom. The number of carbonyl (C=O) groups is 3. The summed E-state index contributed by atoms with van der Waals surface area (Å²) in [5, 5.41) is 13.8. The SMILES string of the molecule is CCC[C@H]1NC(=O)N(CC(=O)Nc2ccc(C#N)cc2)C1=O. The van der Waals surface area contributed by atoms with E-state index in [4.69, 9.17) is 5.26 Å². The number of rotatable bonds is 5. The lowest BCUT2D eigenvalue weighted by Gasteiger charge is -2.13. The molecule has 1 aromatic rings. The first-order valence-corrected chi connectivity index (χ1v) is 6.97. The molecule has 2 N–H and O–H groups in total. The van der Waals surface area contributed by atoms with Crippen molar-refractivity contribution in [3.8, 4) is 6.07 Å². The molecule has 0 radical (unpaired) electrons. The normalized spacial score (nSPS) is 17.1. The van der Waals surface area contributed by atoms with Gasteiger partial charge in [-0.3, -0.25) is 14.5 Å². The van der Waals surface area contributed by atoms with E-state index >= 15 is 0 Å². The molecule has 1 aromatic carbocycles. The van der Waals surface area contributed by atoms with Gasteiger partial charge in [-0.05, 0) is 30.7 Å². The lowest BCUT2D eigenvalue weighted by molar-refractivity contribution is -0.130. The molecule has 0 unspecified atom stereocenters. The fourth-order valence-electron chi connectivity index (χ4n) is 2.18. The zero-order valence-corrected chi connectivity index (χ0v) is 12.1. The Labute approximate surface area is 127 Å². The minimum absolute atomic E-state index is 0.328. The molecule has 0 aliphatic carbocycles. The lowest BCUT2D eigenvalue weighted by Crippen LogP contribution is -2.38. The summed E-state index contributed by atoms with van der Waals surface area (Å²) in [6, 6.07) is 7.20. The largest absolute Gasteiger partial charge is 0.326 e. The Bertz CT molecular complexity index is 633. The monoisotopic (exact) mass is 300 g/mol. The van der Waals surface area contributed by atoms with Crippen molar-refractivity contribution in [3.05, 3.63) is 29.8 Å². The molecule has 1 atom stereocenters. The van der Waals surface area contributed by atoms with Gasteiger partial charge in [-0.25, -0.2) is 4.79 Å². The van der Waals surface area contributed by atoms with Crippen molar-refractivity contribution in [2.24, 2.45) is 0 Å². The summed E-state index contributed by atoms with van der Waals surface area (Å²) < 4.78 is 0. The Hall–Kier alpha value is -2.88. The van der Waals surface area contributed by atoms with Crippen LogP contribution < -0.4 is 10.6 Å². The Morgan fingerprint density at radius 3 is 2.64 bits per heavy atom. The number of nitrogens with one attached hydrogen (secondary N) is 2. The first kappa shape index (κ1) is 15.5. The Kier molecular flexibility index (Phi) is 4.73. The predicted molar refractivity (Wildman–Crippen MR) is 78.7 cm³/mol. The summed E-state index contributed by atoms with van der Waals surface area (Å²) in [5.74, 6) is -0.841. The van der Waals surface area contributed by atoms with Gasteiger partial charge >= 0.3 is 6.03 Å². The summed E-state index contributed by atoms with van der Waals surface area (Å²) >= 11 is 0. The van der Waals surface area contributed by atoms with Crippen LogP contribution in [0.3, 0.4) is 0 Å². The van der Waals surface area contributed by atoms with E-state index in [1.54, 1.807) is 24.3 Å². The van der Waals surface area contributed by atoms with E-state index in [9.17, 15) is 14.4 Å². The van der Waals surface area contributed by atoms with Crippen molar-refractivity contribution in [2.75, 3.05) is 11.9 Å². The topological polar surface area (TPSA) is 102 Å². The summed E-state index contributed by atoms with van der Waals surface area (Å²) in [7, 11) is 0. The van der Waals surface area contributed by atoms with Crippen molar-refractivity contribution in [2.45, 2.75) is 25.8 Å². The predicted octanol–water partition coefficient (Wildman–Crippen LogP) is 1.22. The number of hydrogen-bond acceptors (Lipinski definition) is 4. The van der Waals surface area contributed by atoms with Crippen LogP contribution in [0.2, 0.25) is 0 Å². The van der Waals surface area contributed by atoms with Gasteiger partial charge < -0.3 is 10.6 Å². The molecule has 1 aliphatic rings. The van der Waals surface area contributed by atoms with Gasteiger partial charge in [0, 0.05) is 5.69 Å². The van der Waals surface area contributed by atoms with E-state index in [1.807, 2.05) is 13.0 Å². The van der Waals surface area contributed by atoms with E-state index < -0.39 is 18.0 Å². The number of nitrogens with zero attached hydrogens (tertiary/aromatic N) is 2. The van der Waals surface area contributed by atoms with Crippen LogP contribution >= 0.6 is 0 Å². The van der Waals surface area contributed by atoms with Crippen molar-refractivity contribution < 1.29 is 14.4 Å². The van der Waals surface area contributed by atoms with Gasteiger partial charge in [0.15, 0.2) is 0 Å². The standard InChI is InChI=1S/C15H16N4O3/c1-2-3-12-14(21)19(15(22)18-12)9-13(20)17-11-6-4-10(8-16)5-7-11/h4-7,12H,2-3,9H2,1H3,(H,17,20)(H,18,22)/t12-/m1/s1. The van der Waals surface area contributed by atoms with Crippen LogP contribution in [0, 0.1) is 11.3 Å². The number of anilines is 1. The van der Waals surface area contributed by atoms with E-state index in [0.29, 0.717) is 17.7 Å². The van der Waals surface area contributed by atoms with Crippen molar-refractivity contribution in [1.29, 1.82) is 5.26 Å². The molecule has 1 fully saturated rings. The number of imide groups is 1. The molecular weight excluding hydrogens is 284 g/mol. The van der Waals surface area contributed by atoms with Crippen molar-refractivity contribution in [3.63, 3.8) is 0 Å².